The number of rotatable bonds is 5. The molecule has 1 atom stereocenters. The molecule has 0 aliphatic rings. The molecule has 80 valence electrons. The molecule has 0 rings (SSSR count). The van der Waals surface area contributed by atoms with E-state index >= 15 is 0 Å². The smallest absolute Gasteiger partial charge is 0.408 e. The number of nitrogens with one attached hydrogen (secondary N) is 1. The van der Waals surface area contributed by atoms with Crippen LogP contribution in [0.4, 0.5) is 4.79 Å². The fourth-order valence-electron chi connectivity index (χ4n) is 0.870. The van der Waals surface area contributed by atoms with Gasteiger partial charge in [0.2, 0.25) is 5.91 Å². The van der Waals surface area contributed by atoms with Crippen LogP contribution in [0.3, 0.4) is 0 Å². The minimum atomic E-state index is -0.702. The molecule has 0 saturated carbocycles. The molecule has 0 saturated heterocycles. The number of alkyl carbamates (subject to hydrolysis) is 1. The maximum Gasteiger partial charge on any atom is 0.408 e. The summed E-state index contributed by atoms with van der Waals surface area (Å²) in [6.45, 7) is 7.05. The Hall–Kier alpha value is -1.52. The van der Waals surface area contributed by atoms with Gasteiger partial charge in [-0.2, -0.15) is 0 Å². The molecule has 0 spiro atoms. The van der Waals surface area contributed by atoms with Crippen LogP contribution in [-0.2, 0) is 9.53 Å². The first-order valence-electron chi connectivity index (χ1n) is 4.32. The highest BCUT2D eigenvalue weighted by Crippen LogP contribution is 2.00. The molecule has 0 heterocycles. The van der Waals surface area contributed by atoms with Crippen molar-refractivity contribution < 1.29 is 14.3 Å². The van der Waals surface area contributed by atoms with Crippen LogP contribution < -0.4 is 11.1 Å². The molecule has 0 aromatic heterocycles. The van der Waals surface area contributed by atoms with Crippen LogP contribution in [0.5, 0.6) is 0 Å². The molecule has 14 heavy (non-hydrogen) atoms. The van der Waals surface area contributed by atoms with E-state index in [9.17, 15) is 9.59 Å². The number of carbonyl (C=O) groups is 2. The summed E-state index contributed by atoms with van der Waals surface area (Å²) in [5.74, 6) is -0.640. The topological polar surface area (TPSA) is 81.4 Å². The lowest BCUT2D eigenvalue weighted by Crippen LogP contribution is -2.47. The van der Waals surface area contributed by atoms with Gasteiger partial charge in [0.1, 0.15) is 12.6 Å². The SMILES string of the molecule is C=CCOC(=O)N[C@H](C(N)=O)C(C)C. The quantitative estimate of drug-likeness (QED) is 0.630. The Morgan fingerprint density at radius 1 is 1.57 bits per heavy atom. The van der Waals surface area contributed by atoms with E-state index in [1.165, 1.54) is 6.08 Å². The van der Waals surface area contributed by atoms with Crippen molar-refractivity contribution in [2.24, 2.45) is 11.7 Å². The van der Waals surface area contributed by atoms with E-state index in [0.717, 1.165) is 0 Å². The molecule has 0 radical (unpaired) electrons. The minimum Gasteiger partial charge on any atom is -0.445 e. The standard InChI is InChI=1S/C9H16N2O3/c1-4-5-14-9(13)11-7(6(2)3)8(10)12/h4,6-7H,1,5H2,2-3H3,(H2,10,12)(H,11,13)/t7-/m0/s1. The summed E-state index contributed by atoms with van der Waals surface area (Å²) in [6, 6.07) is -0.702. The van der Waals surface area contributed by atoms with Gasteiger partial charge >= 0.3 is 6.09 Å². The van der Waals surface area contributed by atoms with Gasteiger partial charge in [-0.3, -0.25) is 4.79 Å². The number of amides is 2. The van der Waals surface area contributed by atoms with Crippen LogP contribution in [0.25, 0.3) is 0 Å². The van der Waals surface area contributed by atoms with Crippen molar-refractivity contribution in [3.8, 4) is 0 Å². The first-order valence-corrected chi connectivity index (χ1v) is 4.32. The lowest BCUT2D eigenvalue weighted by atomic mass is 10.0. The molecular weight excluding hydrogens is 184 g/mol. The van der Waals surface area contributed by atoms with Crippen LogP contribution in [-0.4, -0.2) is 24.6 Å². The molecule has 0 bridgehead atoms. The second-order valence-corrected chi connectivity index (χ2v) is 3.16. The van der Waals surface area contributed by atoms with E-state index in [-0.39, 0.29) is 12.5 Å². The van der Waals surface area contributed by atoms with E-state index in [2.05, 4.69) is 16.6 Å². The second kappa shape index (κ2) is 6.01. The predicted octanol–water partition coefficient (Wildman–Crippen LogP) is 0.408. The zero-order valence-electron chi connectivity index (χ0n) is 8.45. The maximum atomic E-state index is 11.0. The second-order valence-electron chi connectivity index (χ2n) is 3.16. The molecule has 3 N–H and O–H groups in total. The van der Waals surface area contributed by atoms with Gasteiger partial charge < -0.3 is 15.8 Å². The van der Waals surface area contributed by atoms with Crippen molar-refractivity contribution in [1.82, 2.24) is 5.32 Å². The van der Waals surface area contributed by atoms with Crippen LogP contribution in [0.1, 0.15) is 13.8 Å². The van der Waals surface area contributed by atoms with E-state index in [1.54, 1.807) is 13.8 Å². The third kappa shape index (κ3) is 4.49. The Morgan fingerprint density at radius 3 is 2.50 bits per heavy atom. The summed E-state index contributed by atoms with van der Waals surface area (Å²) in [5.41, 5.74) is 5.09. The highest BCUT2D eigenvalue weighted by atomic mass is 16.5. The molecule has 5 nitrogen and oxygen atoms in total. The first-order chi connectivity index (χ1) is 6.49. The molecule has 0 aromatic carbocycles. The number of primary amides is 1. The molecule has 0 aliphatic heterocycles. The largest absolute Gasteiger partial charge is 0.445 e. The monoisotopic (exact) mass is 200 g/mol. The Morgan fingerprint density at radius 2 is 2.14 bits per heavy atom. The molecule has 2 amide bonds. The summed E-state index contributed by atoms with van der Waals surface area (Å²) in [4.78, 5) is 21.9. The van der Waals surface area contributed by atoms with Crippen molar-refractivity contribution in [2.45, 2.75) is 19.9 Å². The van der Waals surface area contributed by atoms with Crippen LogP contribution in [0.15, 0.2) is 12.7 Å². The molecule has 5 heteroatoms. The number of ether oxygens (including phenoxy) is 1. The van der Waals surface area contributed by atoms with Gasteiger partial charge in [0, 0.05) is 0 Å². The van der Waals surface area contributed by atoms with Gasteiger partial charge in [-0.05, 0) is 5.92 Å². The normalized spacial score (nSPS) is 11.9. The number of hydrogen-bond donors (Lipinski definition) is 2. The van der Waals surface area contributed by atoms with Crippen molar-refractivity contribution >= 4 is 12.0 Å². The summed E-state index contributed by atoms with van der Waals surface area (Å²) in [7, 11) is 0. The third-order valence-corrected chi connectivity index (χ3v) is 1.58. The highest BCUT2D eigenvalue weighted by Gasteiger charge is 2.21. The fourth-order valence-corrected chi connectivity index (χ4v) is 0.870. The van der Waals surface area contributed by atoms with Crippen molar-refractivity contribution in [2.75, 3.05) is 6.61 Å². The van der Waals surface area contributed by atoms with Crippen molar-refractivity contribution in [3.05, 3.63) is 12.7 Å². The molecular formula is C9H16N2O3. The lowest BCUT2D eigenvalue weighted by molar-refractivity contribution is -0.120. The number of nitrogens with two attached hydrogens (primary N) is 1. The maximum absolute atomic E-state index is 11.0. The Bertz CT molecular complexity index is 226. The van der Waals surface area contributed by atoms with E-state index in [4.69, 9.17) is 5.73 Å². The Kier molecular flexibility index (Phi) is 5.36. The predicted molar refractivity (Wildman–Crippen MR) is 52.5 cm³/mol. The number of carbonyl (C=O) groups excluding carboxylic acids is 2. The average Bonchev–Trinajstić information content (AvgIpc) is 2.09. The third-order valence-electron chi connectivity index (χ3n) is 1.58. The summed E-state index contributed by atoms with van der Waals surface area (Å²) in [6.07, 6.45) is 0.774. The van der Waals surface area contributed by atoms with Crippen LogP contribution >= 0.6 is 0 Å². The van der Waals surface area contributed by atoms with E-state index in [1.807, 2.05) is 0 Å². The van der Waals surface area contributed by atoms with Crippen molar-refractivity contribution in [3.63, 3.8) is 0 Å². The zero-order valence-corrected chi connectivity index (χ0v) is 8.45. The molecule has 0 unspecified atom stereocenters. The van der Waals surface area contributed by atoms with E-state index < -0.39 is 18.0 Å². The molecule has 0 aromatic rings. The highest BCUT2D eigenvalue weighted by molar-refractivity contribution is 5.84. The van der Waals surface area contributed by atoms with Gasteiger partial charge in [0.05, 0.1) is 0 Å². The summed E-state index contributed by atoms with van der Waals surface area (Å²) < 4.78 is 4.65. The fraction of sp³-hybridized carbons (Fsp3) is 0.556. The van der Waals surface area contributed by atoms with Gasteiger partial charge in [-0.25, -0.2) is 4.79 Å². The van der Waals surface area contributed by atoms with Gasteiger partial charge in [-0.15, -0.1) is 0 Å². The molecule has 0 fully saturated rings. The lowest BCUT2D eigenvalue weighted by Gasteiger charge is -2.18. The minimum absolute atomic E-state index is 0.0659. The zero-order chi connectivity index (χ0) is 11.1. The Balaban J connectivity index is 4.09. The van der Waals surface area contributed by atoms with Gasteiger partial charge in [0.25, 0.3) is 0 Å². The summed E-state index contributed by atoms with van der Waals surface area (Å²) in [5, 5.41) is 2.37. The van der Waals surface area contributed by atoms with Gasteiger partial charge in [-0.1, -0.05) is 26.5 Å². The van der Waals surface area contributed by atoms with Gasteiger partial charge in [0.15, 0.2) is 0 Å². The molecule has 0 aliphatic carbocycles. The Labute approximate surface area is 83.3 Å². The average molecular weight is 200 g/mol. The first kappa shape index (κ1) is 12.5. The van der Waals surface area contributed by atoms with Crippen molar-refractivity contribution in [1.29, 1.82) is 0 Å². The van der Waals surface area contributed by atoms with Crippen LogP contribution in [0, 0.1) is 5.92 Å². The van der Waals surface area contributed by atoms with E-state index in [0.29, 0.717) is 0 Å². The number of hydrogen-bond acceptors (Lipinski definition) is 3. The summed E-state index contributed by atoms with van der Waals surface area (Å²) >= 11 is 0. The van der Waals surface area contributed by atoms with Crippen LogP contribution in [0.2, 0.25) is 0 Å².